The monoisotopic (exact) mass is 687 g/mol. The Labute approximate surface area is 288 Å². The van der Waals surface area contributed by atoms with Gasteiger partial charge in [-0.05, 0) is 60.4 Å². The topological polar surface area (TPSA) is 151 Å². The van der Waals surface area contributed by atoms with E-state index in [9.17, 15) is 19.8 Å². The summed E-state index contributed by atoms with van der Waals surface area (Å²) in [4.78, 5) is 27.7. The van der Waals surface area contributed by atoms with E-state index in [4.69, 9.17) is 33.2 Å². The molecule has 3 N–H and O–H groups in total. The molecule has 12 nitrogen and oxygen atoms in total. The third kappa shape index (κ3) is 9.55. The number of cyclic esters (lactones) is 1. The van der Waals surface area contributed by atoms with E-state index in [-0.39, 0.29) is 30.0 Å². The van der Waals surface area contributed by atoms with Crippen LogP contribution in [0, 0.1) is 35.5 Å². The van der Waals surface area contributed by atoms with Crippen molar-refractivity contribution < 1.29 is 53.0 Å². The summed E-state index contributed by atoms with van der Waals surface area (Å²) < 4.78 is 43.7. The fourth-order valence-corrected chi connectivity index (χ4v) is 8.38. The number of ether oxygens (including phenoxy) is 7. The SMILES string of the molecule is CN[C@H]1C[C@@H](C)OC(O[C@@H]2[C@@H](C)[C@H](O[C@@]3(C)C[C@@](C)(OC)C[C@H](C)O3)[C@@H](C)C(=O)O[C@H](OC)[C@H](C)[C@H](O)[C@@H](C)C(=O)[C@H](C)C[C@@H]2C)[C@@H]1O. The first-order chi connectivity index (χ1) is 22.3. The molecule has 0 saturated carbocycles. The third-order valence-electron chi connectivity index (χ3n) is 11.1. The van der Waals surface area contributed by atoms with Gasteiger partial charge in [0.2, 0.25) is 6.29 Å². The van der Waals surface area contributed by atoms with Gasteiger partial charge in [0.25, 0.3) is 0 Å². The van der Waals surface area contributed by atoms with Crippen LogP contribution < -0.4 is 5.32 Å². The first kappa shape index (κ1) is 41.2. The Kier molecular flexibility index (Phi) is 14.5. The van der Waals surface area contributed by atoms with Crippen LogP contribution in [0.15, 0.2) is 0 Å². The van der Waals surface area contributed by atoms with Gasteiger partial charge in [0.1, 0.15) is 11.9 Å². The van der Waals surface area contributed by atoms with Crippen LogP contribution in [-0.4, -0.2) is 110 Å². The molecule has 3 heterocycles. The zero-order chi connectivity index (χ0) is 36.3. The Bertz CT molecular complexity index is 1060. The van der Waals surface area contributed by atoms with Gasteiger partial charge in [-0.25, -0.2) is 0 Å². The summed E-state index contributed by atoms with van der Waals surface area (Å²) >= 11 is 0. The largest absolute Gasteiger partial charge is 0.435 e. The van der Waals surface area contributed by atoms with Crippen molar-refractivity contribution in [1.82, 2.24) is 5.32 Å². The van der Waals surface area contributed by atoms with Crippen LogP contribution in [0.4, 0.5) is 0 Å². The fourth-order valence-electron chi connectivity index (χ4n) is 8.38. The molecule has 3 fully saturated rings. The molecule has 3 aliphatic heterocycles. The lowest BCUT2D eigenvalue weighted by Crippen LogP contribution is -2.58. The molecule has 17 atom stereocenters. The number of carbonyl (C=O) groups excluding carboxylic acids is 2. The lowest BCUT2D eigenvalue weighted by atomic mass is 9.77. The quantitative estimate of drug-likeness (QED) is 0.334. The van der Waals surface area contributed by atoms with Crippen LogP contribution in [0.3, 0.4) is 0 Å². The Morgan fingerprint density at radius 1 is 0.833 bits per heavy atom. The summed E-state index contributed by atoms with van der Waals surface area (Å²) in [6.07, 6.45) is -3.84. The van der Waals surface area contributed by atoms with Gasteiger partial charge >= 0.3 is 5.97 Å². The Morgan fingerprint density at radius 2 is 1.48 bits per heavy atom. The number of esters is 1. The number of rotatable bonds is 7. The van der Waals surface area contributed by atoms with Crippen molar-refractivity contribution in [3.8, 4) is 0 Å². The fraction of sp³-hybridized carbons (Fsp3) is 0.944. The van der Waals surface area contributed by atoms with Crippen molar-refractivity contribution in [1.29, 1.82) is 0 Å². The van der Waals surface area contributed by atoms with Gasteiger partial charge in [-0.1, -0.05) is 34.6 Å². The minimum atomic E-state index is -1.13. The molecule has 3 saturated heterocycles. The Balaban J connectivity index is 2.12. The lowest BCUT2D eigenvalue weighted by molar-refractivity contribution is -0.333. The summed E-state index contributed by atoms with van der Waals surface area (Å²) in [7, 11) is 4.88. The highest BCUT2D eigenvalue weighted by molar-refractivity contribution is 5.83. The van der Waals surface area contributed by atoms with Crippen molar-refractivity contribution >= 4 is 11.8 Å². The molecule has 0 amide bonds. The maximum absolute atomic E-state index is 14.0. The standard InChI is InChI=1S/C36H65NO11/c1-18-14-19(2)30(45-34-29(40)26(37-11)15-20(3)44-34)24(7)31(48-36(10)17-35(9,43-13)16-21(4)47-36)25(8)32(41)46-33(42-12)23(6)28(39)22(5)27(18)38/h18-26,28-31,33-34,37,39-40H,14-17H2,1-13H3/t18-,19+,20-,21+,22+,23-,24-,25-,26+,28-,29-,30+,31+,33+,34?,35+,36+/m1/s1. The van der Waals surface area contributed by atoms with E-state index in [1.807, 2.05) is 48.5 Å². The van der Waals surface area contributed by atoms with Crippen molar-refractivity contribution in [2.24, 2.45) is 35.5 Å². The molecule has 1 unspecified atom stereocenters. The lowest BCUT2D eigenvalue weighted by Gasteiger charge is -2.49. The van der Waals surface area contributed by atoms with Gasteiger partial charge < -0.3 is 48.7 Å². The van der Waals surface area contributed by atoms with E-state index < -0.39 is 83.9 Å². The minimum absolute atomic E-state index is 0.110. The molecule has 48 heavy (non-hydrogen) atoms. The number of aliphatic hydroxyl groups is 2. The number of hydrogen-bond acceptors (Lipinski definition) is 12. The molecule has 280 valence electrons. The van der Waals surface area contributed by atoms with Crippen molar-refractivity contribution in [3.05, 3.63) is 0 Å². The molecule has 0 aromatic rings. The number of likely N-dealkylation sites (N-methyl/N-ethyl adjacent to an activating group) is 1. The predicted molar refractivity (Wildman–Crippen MR) is 179 cm³/mol. The van der Waals surface area contributed by atoms with Crippen LogP contribution in [-0.2, 0) is 42.7 Å². The number of ketones is 1. The number of methoxy groups -OCH3 is 2. The summed E-state index contributed by atoms with van der Waals surface area (Å²) in [5.41, 5.74) is -0.526. The highest BCUT2D eigenvalue weighted by atomic mass is 16.7. The summed E-state index contributed by atoms with van der Waals surface area (Å²) in [6.45, 7) is 18.8. The van der Waals surface area contributed by atoms with Crippen molar-refractivity contribution in [2.45, 2.75) is 162 Å². The molecular formula is C36H65NO11. The van der Waals surface area contributed by atoms with Crippen LogP contribution >= 0.6 is 0 Å². The number of Topliss-reactive ketones (excluding diaryl/α,β-unsaturated/α-hetero) is 1. The van der Waals surface area contributed by atoms with Gasteiger partial charge in [0.05, 0.1) is 42.0 Å². The normalized spacial score (nSPS) is 48.9. The molecule has 0 aliphatic carbocycles. The summed E-state index contributed by atoms with van der Waals surface area (Å²) in [5.74, 6) is -5.25. The molecule has 0 aromatic heterocycles. The predicted octanol–water partition coefficient (Wildman–Crippen LogP) is 3.83. The number of aliphatic hydroxyl groups excluding tert-OH is 2. The molecule has 0 bridgehead atoms. The zero-order valence-corrected chi connectivity index (χ0v) is 31.6. The smallest absolute Gasteiger partial charge is 0.313 e. The van der Waals surface area contributed by atoms with Crippen LogP contribution in [0.1, 0.15) is 94.9 Å². The molecule has 3 aliphatic rings. The number of carbonyl (C=O) groups is 2. The second-order valence-corrected chi connectivity index (χ2v) is 15.6. The minimum Gasteiger partial charge on any atom is -0.435 e. The van der Waals surface area contributed by atoms with Crippen molar-refractivity contribution in [3.63, 3.8) is 0 Å². The molecule has 12 heteroatoms. The van der Waals surface area contributed by atoms with E-state index in [0.717, 1.165) is 0 Å². The zero-order valence-electron chi connectivity index (χ0n) is 31.6. The third-order valence-corrected chi connectivity index (χ3v) is 11.1. The second-order valence-electron chi connectivity index (χ2n) is 15.6. The molecule has 0 spiro atoms. The number of nitrogens with one attached hydrogen (secondary N) is 1. The summed E-state index contributed by atoms with van der Waals surface area (Å²) in [6, 6.07) is -0.248. The van der Waals surface area contributed by atoms with Crippen molar-refractivity contribution in [2.75, 3.05) is 21.3 Å². The Hall–Kier alpha value is -1.22. The van der Waals surface area contributed by atoms with E-state index in [1.54, 1.807) is 34.9 Å². The summed E-state index contributed by atoms with van der Waals surface area (Å²) in [5, 5.41) is 25.7. The van der Waals surface area contributed by atoms with Gasteiger partial charge in [-0.3, -0.25) is 9.59 Å². The average molecular weight is 688 g/mol. The molecule has 0 radical (unpaired) electrons. The highest BCUT2D eigenvalue weighted by Crippen LogP contribution is 2.42. The van der Waals surface area contributed by atoms with Crippen LogP contribution in [0.5, 0.6) is 0 Å². The second kappa shape index (κ2) is 16.9. The average Bonchev–Trinajstić information content (AvgIpc) is 3.02. The van der Waals surface area contributed by atoms with Crippen LogP contribution in [0.2, 0.25) is 0 Å². The van der Waals surface area contributed by atoms with Gasteiger partial charge in [-0.15, -0.1) is 0 Å². The Morgan fingerprint density at radius 3 is 2.06 bits per heavy atom. The maximum atomic E-state index is 14.0. The first-order valence-corrected chi connectivity index (χ1v) is 17.8. The van der Waals surface area contributed by atoms with Crippen LogP contribution in [0.25, 0.3) is 0 Å². The molecule has 0 aromatic carbocycles. The van der Waals surface area contributed by atoms with E-state index >= 15 is 0 Å². The van der Waals surface area contributed by atoms with Gasteiger partial charge in [0, 0.05) is 56.8 Å². The van der Waals surface area contributed by atoms with E-state index in [2.05, 4.69) is 5.32 Å². The van der Waals surface area contributed by atoms with Gasteiger partial charge in [-0.2, -0.15) is 0 Å². The molecule has 3 rings (SSSR count). The number of hydrogen-bond donors (Lipinski definition) is 3. The first-order valence-electron chi connectivity index (χ1n) is 17.8. The van der Waals surface area contributed by atoms with Gasteiger partial charge in [0.15, 0.2) is 12.1 Å². The van der Waals surface area contributed by atoms with E-state index in [0.29, 0.717) is 25.7 Å². The highest BCUT2D eigenvalue weighted by Gasteiger charge is 2.50. The van der Waals surface area contributed by atoms with E-state index in [1.165, 1.54) is 7.11 Å². The maximum Gasteiger partial charge on any atom is 0.313 e. The molecular weight excluding hydrogens is 622 g/mol.